The van der Waals surface area contributed by atoms with E-state index in [9.17, 15) is 9.18 Å². The van der Waals surface area contributed by atoms with Gasteiger partial charge in [-0.15, -0.1) is 0 Å². The van der Waals surface area contributed by atoms with Crippen LogP contribution in [-0.2, 0) is 0 Å². The Morgan fingerprint density at radius 2 is 1.75 bits per heavy atom. The van der Waals surface area contributed by atoms with Crippen molar-refractivity contribution in [3.8, 4) is 11.1 Å². The van der Waals surface area contributed by atoms with Gasteiger partial charge in [0, 0.05) is 16.1 Å². The van der Waals surface area contributed by atoms with E-state index in [1.165, 1.54) is 6.07 Å². The van der Waals surface area contributed by atoms with Crippen LogP contribution in [0.4, 0.5) is 4.39 Å². The summed E-state index contributed by atoms with van der Waals surface area (Å²) in [6.07, 6.45) is 0.752. The second-order valence-electron chi connectivity index (χ2n) is 3.36. The highest BCUT2D eigenvalue weighted by Gasteiger charge is 2.05. The minimum Gasteiger partial charge on any atom is -0.298 e. The zero-order chi connectivity index (χ0) is 11.5. The summed E-state index contributed by atoms with van der Waals surface area (Å²) in [5, 5.41) is 0.366. The Bertz CT molecular complexity index is 520. The van der Waals surface area contributed by atoms with Crippen molar-refractivity contribution in [3.63, 3.8) is 0 Å². The number of carbonyl (C=O) groups is 1. The van der Waals surface area contributed by atoms with Crippen LogP contribution in [-0.4, -0.2) is 6.29 Å². The van der Waals surface area contributed by atoms with Gasteiger partial charge in [-0.2, -0.15) is 0 Å². The van der Waals surface area contributed by atoms with Crippen LogP contribution in [0.2, 0.25) is 5.02 Å². The zero-order valence-corrected chi connectivity index (χ0v) is 9.04. The van der Waals surface area contributed by atoms with Crippen LogP contribution in [0.5, 0.6) is 0 Å². The molecule has 16 heavy (non-hydrogen) atoms. The highest BCUT2D eigenvalue weighted by molar-refractivity contribution is 6.30. The fraction of sp³-hybridized carbons (Fsp3) is 0. The van der Waals surface area contributed by atoms with Gasteiger partial charge in [0.1, 0.15) is 12.1 Å². The lowest BCUT2D eigenvalue weighted by Gasteiger charge is -2.03. The summed E-state index contributed by atoms with van der Waals surface area (Å²) >= 11 is 5.67. The van der Waals surface area contributed by atoms with Crippen molar-refractivity contribution in [1.82, 2.24) is 0 Å². The van der Waals surface area contributed by atoms with Gasteiger partial charge < -0.3 is 0 Å². The minimum atomic E-state index is -0.369. The molecule has 0 saturated heterocycles. The lowest BCUT2D eigenvalue weighted by atomic mass is 10.0. The van der Waals surface area contributed by atoms with Crippen molar-refractivity contribution >= 4 is 17.9 Å². The van der Waals surface area contributed by atoms with Gasteiger partial charge >= 0.3 is 0 Å². The molecule has 0 aliphatic carbocycles. The molecule has 2 aromatic rings. The van der Waals surface area contributed by atoms with Crippen molar-refractivity contribution in [3.05, 3.63) is 58.9 Å². The van der Waals surface area contributed by atoms with Crippen molar-refractivity contribution < 1.29 is 9.18 Å². The molecular formula is C13H8ClFO. The molecule has 2 aromatic carbocycles. The third-order valence-electron chi connectivity index (χ3n) is 2.29. The fourth-order valence-electron chi connectivity index (χ4n) is 1.46. The van der Waals surface area contributed by atoms with E-state index in [2.05, 4.69) is 0 Å². The normalized spacial score (nSPS) is 10.1. The van der Waals surface area contributed by atoms with Gasteiger partial charge in [-0.1, -0.05) is 35.9 Å². The van der Waals surface area contributed by atoms with E-state index >= 15 is 0 Å². The lowest BCUT2D eigenvalue weighted by Crippen LogP contribution is -1.85. The summed E-state index contributed by atoms with van der Waals surface area (Å²) in [4.78, 5) is 10.5. The highest BCUT2D eigenvalue weighted by Crippen LogP contribution is 2.25. The number of carbonyl (C=O) groups excluding carboxylic acids is 1. The van der Waals surface area contributed by atoms with E-state index in [1.807, 2.05) is 0 Å². The predicted molar refractivity (Wildman–Crippen MR) is 62.2 cm³/mol. The molecule has 3 heteroatoms. The first-order chi connectivity index (χ1) is 7.70. The lowest BCUT2D eigenvalue weighted by molar-refractivity contribution is 0.112. The smallest absolute Gasteiger partial charge is 0.150 e. The molecule has 0 fully saturated rings. The number of benzene rings is 2. The van der Waals surface area contributed by atoms with E-state index < -0.39 is 0 Å². The summed E-state index contributed by atoms with van der Waals surface area (Å²) < 4.78 is 13.6. The van der Waals surface area contributed by atoms with Crippen molar-refractivity contribution in [1.29, 1.82) is 0 Å². The van der Waals surface area contributed by atoms with Crippen molar-refractivity contribution in [2.45, 2.75) is 0 Å². The molecule has 0 heterocycles. The molecule has 2 rings (SSSR count). The quantitative estimate of drug-likeness (QED) is 0.719. The summed E-state index contributed by atoms with van der Waals surface area (Å²) in [5.74, 6) is -0.369. The molecule has 0 aliphatic heterocycles. The number of aldehydes is 1. The third-order valence-corrected chi connectivity index (χ3v) is 2.52. The Balaban J connectivity index is 2.46. The molecule has 0 amide bonds. The zero-order valence-electron chi connectivity index (χ0n) is 8.28. The van der Waals surface area contributed by atoms with Gasteiger partial charge in [-0.05, 0) is 23.8 Å². The van der Waals surface area contributed by atoms with Crippen LogP contribution in [0, 0.1) is 5.82 Å². The van der Waals surface area contributed by atoms with Gasteiger partial charge in [0.25, 0.3) is 0 Å². The summed E-state index contributed by atoms with van der Waals surface area (Å²) in [6.45, 7) is 0. The van der Waals surface area contributed by atoms with E-state index in [1.54, 1.807) is 36.4 Å². The van der Waals surface area contributed by atoms with Gasteiger partial charge in [-0.3, -0.25) is 4.79 Å². The topological polar surface area (TPSA) is 17.1 Å². The van der Waals surface area contributed by atoms with Crippen LogP contribution in [0.3, 0.4) is 0 Å². The number of hydrogen-bond donors (Lipinski definition) is 0. The Kier molecular flexibility index (Phi) is 3.02. The molecule has 0 aliphatic rings. The first kappa shape index (κ1) is 10.8. The van der Waals surface area contributed by atoms with E-state index in [0.29, 0.717) is 16.1 Å². The molecule has 0 saturated carbocycles. The monoisotopic (exact) mass is 234 g/mol. The summed E-state index contributed by atoms with van der Waals surface area (Å²) in [5.41, 5.74) is 1.76. The molecule has 0 aromatic heterocycles. The van der Waals surface area contributed by atoms with Gasteiger partial charge in [0.05, 0.1) is 0 Å². The number of rotatable bonds is 2. The second-order valence-corrected chi connectivity index (χ2v) is 3.80. The maximum Gasteiger partial charge on any atom is 0.150 e. The highest BCUT2D eigenvalue weighted by atomic mass is 35.5. The summed E-state index contributed by atoms with van der Waals surface area (Å²) in [7, 11) is 0. The van der Waals surface area contributed by atoms with Gasteiger partial charge in [-0.25, -0.2) is 4.39 Å². The Morgan fingerprint density at radius 1 is 1.06 bits per heavy atom. The molecule has 0 unspecified atom stereocenters. The van der Waals surface area contributed by atoms with Gasteiger partial charge in [0.2, 0.25) is 0 Å². The van der Waals surface area contributed by atoms with Crippen molar-refractivity contribution in [2.75, 3.05) is 0 Å². The van der Waals surface area contributed by atoms with E-state index in [4.69, 9.17) is 11.6 Å². The van der Waals surface area contributed by atoms with Crippen LogP contribution in [0.1, 0.15) is 10.4 Å². The van der Waals surface area contributed by atoms with E-state index in [0.717, 1.165) is 11.8 Å². The fourth-order valence-corrected chi connectivity index (χ4v) is 1.62. The average Bonchev–Trinajstić information content (AvgIpc) is 2.29. The minimum absolute atomic E-state index is 0.366. The number of hydrogen-bond acceptors (Lipinski definition) is 1. The molecule has 0 radical (unpaired) electrons. The van der Waals surface area contributed by atoms with Gasteiger partial charge in [0.15, 0.2) is 0 Å². The van der Waals surface area contributed by atoms with Crippen LogP contribution >= 0.6 is 11.6 Å². The Labute approximate surface area is 97.5 Å². The molecule has 0 atom stereocenters. The maximum atomic E-state index is 13.6. The first-order valence-electron chi connectivity index (χ1n) is 4.71. The van der Waals surface area contributed by atoms with Crippen LogP contribution < -0.4 is 0 Å². The Hall–Kier alpha value is -1.67. The molecule has 0 spiro atoms. The average molecular weight is 235 g/mol. The van der Waals surface area contributed by atoms with Crippen LogP contribution in [0.15, 0.2) is 42.5 Å². The molecule has 1 nitrogen and oxygen atoms in total. The predicted octanol–water partition coefficient (Wildman–Crippen LogP) is 3.96. The maximum absolute atomic E-state index is 13.6. The molecule has 0 N–H and O–H groups in total. The third kappa shape index (κ3) is 2.12. The standard InChI is InChI=1S/C13H8ClFO/c14-11-5-6-12(13(15)7-11)10-3-1-9(8-16)2-4-10/h1-8H. The SMILES string of the molecule is O=Cc1ccc(-c2ccc(Cl)cc2F)cc1. The molecule has 80 valence electrons. The first-order valence-corrected chi connectivity index (χ1v) is 5.09. The molecule has 0 bridgehead atoms. The summed E-state index contributed by atoms with van der Waals surface area (Å²) in [6, 6.07) is 11.2. The largest absolute Gasteiger partial charge is 0.298 e. The van der Waals surface area contributed by atoms with E-state index in [-0.39, 0.29) is 5.82 Å². The van der Waals surface area contributed by atoms with Crippen LogP contribution in [0.25, 0.3) is 11.1 Å². The van der Waals surface area contributed by atoms with Crippen molar-refractivity contribution in [2.24, 2.45) is 0 Å². The Morgan fingerprint density at radius 3 is 2.31 bits per heavy atom. The molecular weight excluding hydrogens is 227 g/mol. The second kappa shape index (κ2) is 4.45. The number of halogens is 2.